The fourth-order valence-electron chi connectivity index (χ4n) is 1.98. The summed E-state index contributed by atoms with van der Waals surface area (Å²) in [5.41, 5.74) is 1.11. The van der Waals surface area contributed by atoms with Gasteiger partial charge >= 0.3 is 0 Å². The van der Waals surface area contributed by atoms with Crippen LogP contribution in [0.1, 0.15) is 25.8 Å². The molecule has 0 amide bonds. The lowest BCUT2D eigenvalue weighted by molar-refractivity contribution is 0.288. The van der Waals surface area contributed by atoms with E-state index in [9.17, 15) is 5.11 Å². The Labute approximate surface area is 119 Å². The largest absolute Gasteiger partial charge is 0.395 e. The maximum atomic E-state index is 9.34. The first-order chi connectivity index (χ1) is 9.17. The van der Waals surface area contributed by atoms with Crippen LogP contribution in [0.15, 0.2) is 6.33 Å². The zero-order chi connectivity index (χ0) is 14.3. The fourth-order valence-corrected chi connectivity index (χ4v) is 2.61. The van der Waals surface area contributed by atoms with Crippen molar-refractivity contribution in [1.29, 1.82) is 0 Å². The van der Waals surface area contributed by atoms with Crippen molar-refractivity contribution in [2.75, 3.05) is 30.5 Å². The first-order valence-corrected chi connectivity index (χ1v) is 7.88. The van der Waals surface area contributed by atoms with Crippen molar-refractivity contribution in [2.45, 2.75) is 38.0 Å². The average Bonchev–Trinajstić information content (AvgIpc) is 2.42. The van der Waals surface area contributed by atoms with Crippen LogP contribution in [0.25, 0.3) is 0 Å². The predicted octanol–water partition coefficient (Wildman–Crippen LogP) is 2.00. The van der Waals surface area contributed by atoms with Crippen molar-refractivity contribution in [1.82, 2.24) is 9.97 Å². The van der Waals surface area contributed by atoms with E-state index in [4.69, 9.17) is 0 Å². The topological polar surface area (TPSA) is 70.1 Å². The van der Waals surface area contributed by atoms with E-state index in [1.807, 2.05) is 13.3 Å². The lowest BCUT2D eigenvalue weighted by atomic mass is 10.1. The van der Waals surface area contributed by atoms with Crippen LogP contribution in [0.3, 0.4) is 0 Å². The number of rotatable bonds is 8. The lowest BCUT2D eigenvalue weighted by Gasteiger charge is -2.23. The summed E-state index contributed by atoms with van der Waals surface area (Å²) in [7, 11) is 1.87. The van der Waals surface area contributed by atoms with Crippen LogP contribution in [0.4, 0.5) is 11.6 Å². The molecular formula is C13H24N4OS. The quantitative estimate of drug-likeness (QED) is 0.678. The smallest absolute Gasteiger partial charge is 0.134 e. The zero-order valence-electron chi connectivity index (χ0n) is 12.1. The molecule has 0 aliphatic carbocycles. The number of aliphatic hydroxyl groups is 1. The molecule has 0 saturated carbocycles. The van der Waals surface area contributed by atoms with Crippen molar-refractivity contribution >= 4 is 23.4 Å². The normalized spacial score (nSPS) is 13.9. The van der Waals surface area contributed by atoms with Gasteiger partial charge in [-0.15, -0.1) is 0 Å². The molecule has 0 radical (unpaired) electrons. The standard InChI is InChI=1S/C13H24N4OS/c1-5-6-10-12(14-3)15-8-16-13(10)17-9(2)11(7-18)19-4/h8-9,11,18H,5-7H2,1-4H3,(H2,14,15,16,17). The van der Waals surface area contributed by atoms with Gasteiger partial charge in [0.05, 0.1) is 6.61 Å². The summed E-state index contributed by atoms with van der Waals surface area (Å²) < 4.78 is 0. The Hall–Kier alpha value is -1.01. The van der Waals surface area contributed by atoms with Crippen LogP contribution in [-0.4, -0.2) is 46.3 Å². The third-order valence-electron chi connectivity index (χ3n) is 3.09. The lowest BCUT2D eigenvalue weighted by Crippen LogP contribution is -2.31. The Balaban J connectivity index is 2.93. The number of thioether (sulfide) groups is 1. The maximum absolute atomic E-state index is 9.34. The molecule has 0 fully saturated rings. The van der Waals surface area contributed by atoms with Gasteiger partial charge in [-0.2, -0.15) is 11.8 Å². The molecule has 19 heavy (non-hydrogen) atoms. The molecule has 0 aliphatic heterocycles. The molecule has 1 heterocycles. The van der Waals surface area contributed by atoms with Gasteiger partial charge in [0.25, 0.3) is 0 Å². The molecule has 0 saturated heterocycles. The number of nitrogens with zero attached hydrogens (tertiary/aromatic N) is 2. The molecule has 0 spiro atoms. The monoisotopic (exact) mass is 284 g/mol. The van der Waals surface area contributed by atoms with Crippen LogP contribution in [0.2, 0.25) is 0 Å². The molecule has 1 aromatic rings. The van der Waals surface area contributed by atoms with Gasteiger partial charge in [-0.3, -0.25) is 0 Å². The highest BCUT2D eigenvalue weighted by Gasteiger charge is 2.18. The molecule has 0 aliphatic rings. The first-order valence-electron chi connectivity index (χ1n) is 6.59. The summed E-state index contributed by atoms with van der Waals surface area (Å²) in [6.07, 6.45) is 5.53. The first kappa shape index (κ1) is 16.0. The van der Waals surface area contributed by atoms with Crippen LogP contribution >= 0.6 is 11.8 Å². The molecule has 1 aromatic heterocycles. The Morgan fingerprint density at radius 1 is 1.37 bits per heavy atom. The van der Waals surface area contributed by atoms with Crippen molar-refractivity contribution in [3.63, 3.8) is 0 Å². The van der Waals surface area contributed by atoms with E-state index in [0.717, 1.165) is 30.0 Å². The SMILES string of the molecule is CCCc1c(NC)ncnc1NC(C)C(CO)SC. The van der Waals surface area contributed by atoms with Crippen LogP contribution in [0.5, 0.6) is 0 Å². The Morgan fingerprint density at radius 3 is 2.58 bits per heavy atom. The summed E-state index contributed by atoms with van der Waals surface area (Å²) >= 11 is 1.65. The maximum Gasteiger partial charge on any atom is 0.134 e. The average molecular weight is 284 g/mol. The van der Waals surface area contributed by atoms with Crippen molar-refractivity contribution in [2.24, 2.45) is 0 Å². The molecule has 6 heteroatoms. The predicted molar refractivity (Wildman–Crippen MR) is 83.0 cm³/mol. The summed E-state index contributed by atoms with van der Waals surface area (Å²) in [4.78, 5) is 8.60. The van der Waals surface area contributed by atoms with Crippen LogP contribution in [-0.2, 0) is 6.42 Å². The van der Waals surface area contributed by atoms with Gasteiger partial charge < -0.3 is 15.7 Å². The van der Waals surface area contributed by atoms with E-state index in [-0.39, 0.29) is 17.9 Å². The van der Waals surface area contributed by atoms with Gasteiger partial charge in [0.2, 0.25) is 0 Å². The van der Waals surface area contributed by atoms with E-state index >= 15 is 0 Å². The van der Waals surface area contributed by atoms with Gasteiger partial charge in [0.1, 0.15) is 18.0 Å². The molecule has 108 valence electrons. The van der Waals surface area contributed by atoms with E-state index in [1.165, 1.54) is 0 Å². The Bertz CT molecular complexity index is 385. The molecule has 5 nitrogen and oxygen atoms in total. The highest BCUT2D eigenvalue weighted by atomic mass is 32.2. The zero-order valence-corrected chi connectivity index (χ0v) is 12.9. The molecule has 1 rings (SSSR count). The van der Waals surface area contributed by atoms with Gasteiger partial charge in [0.15, 0.2) is 0 Å². The van der Waals surface area contributed by atoms with Crippen LogP contribution < -0.4 is 10.6 Å². The fraction of sp³-hybridized carbons (Fsp3) is 0.692. The Morgan fingerprint density at radius 2 is 2.05 bits per heavy atom. The van der Waals surface area contributed by atoms with E-state index in [0.29, 0.717) is 0 Å². The highest BCUT2D eigenvalue weighted by molar-refractivity contribution is 7.99. The van der Waals surface area contributed by atoms with Crippen molar-refractivity contribution in [3.8, 4) is 0 Å². The van der Waals surface area contributed by atoms with E-state index in [2.05, 4.69) is 34.4 Å². The third kappa shape index (κ3) is 4.24. The molecule has 2 unspecified atom stereocenters. The number of anilines is 2. The second-order valence-electron chi connectivity index (χ2n) is 4.44. The molecule has 0 bridgehead atoms. The molecule has 2 atom stereocenters. The molecular weight excluding hydrogens is 260 g/mol. The number of nitrogens with one attached hydrogen (secondary N) is 2. The van der Waals surface area contributed by atoms with Crippen molar-refractivity contribution in [3.05, 3.63) is 11.9 Å². The van der Waals surface area contributed by atoms with Gasteiger partial charge in [0, 0.05) is 23.9 Å². The second kappa shape index (κ2) is 8.22. The Kier molecular flexibility index (Phi) is 6.94. The molecule has 0 aromatic carbocycles. The summed E-state index contributed by atoms with van der Waals surface area (Å²) in [6.45, 7) is 4.36. The van der Waals surface area contributed by atoms with Gasteiger partial charge in [-0.1, -0.05) is 13.3 Å². The van der Waals surface area contributed by atoms with Crippen LogP contribution in [0, 0.1) is 0 Å². The number of aliphatic hydroxyl groups excluding tert-OH is 1. The summed E-state index contributed by atoms with van der Waals surface area (Å²) in [6, 6.07) is 0.148. The number of hydrogen-bond acceptors (Lipinski definition) is 6. The van der Waals surface area contributed by atoms with E-state index < -0.39 is 0 Å². The number of aromatic nitrogens is 2. The number of hydrogen-bond donors (Lipinski definition) is 3. The minimum atomic E-state index is 0.148. The minimum Gasteiger partial charge on any atom is -0.395 e. The summed E-state index contributed by atoms with van der Waals surface area (Å²) in [5, 5.41) is 16.0. The van der Waals surface area contributed by atoms with Gasteiger partial charge in [-0.05, 0) is 19.6 Å². The van der Waals surface area contributed by atoms with E-state index in [1.54, 1.807) is 18.1 Å². The minimum absolute atomic E-state index is 0.148. The summed E-state index contributed by atoms with van der Waals surface area (Å²) in [5.74, 6) is 1.73. The van der Waals surface area contributed by atoms with Crippen molar-refractivity contribution < 1.29 is 5.11 Å². The highest BCUT2D eigenvalue weighted by Crippen LogP contribution is 2.23. The third-order valence-corrected chi connectivity index (χ3v) is 4.25. The molecule has 3 N–H and O–H groups in total. The second-order valence-corrected chi connectivity index (χ2v) is 5.52. The van der Waals surface area contributed by atoms with Gasteiger partial charge in [-0.25, -0.2) is 9.97 Å².